The molecule has 7 heteroatoms. The molecule has 0 radical (unpaired) electrons. The van der Waals surface area contributed by atoms with Crippen LogP contribution in [0.3, 0.4) is 0 Å². The maximum absolute atomic E-state index is 12.9. The van der Waals surface area contributed by atoms with E-state index in [0.717, 1.165) is 19.5 Å². The lowest BCUT2D eigenvalue weighted by Crippen LogP contribution is -2.56. The number of piperazine rings is 1. The third-order valence-electron chi connectivity index (χ3n) is 4.59. The second-order valence-corrected chi connectivity index (χ2v) is 8.36. The molecule has 118 valence electrons. The van der Waals surface area contributed by atoms with E-state index < -0.39 is 10.0 Å². The Morgan fingerprint density at radius 3 is 2.76 bits per heavy atom. The maximum Gasteiger partial charge on any atom is 0.246 e. The minimum Gasteiger partial charge on any atom is -0.297 e. The summed E-state index contributed by atoms with van der Waals surface area (Å²) in [5.74, 6) is 0. The van der Waals surface area contributed by atoms with Crippen LogP contribution in [0.15, 0.2) is 17.3 Å². The van der Waals surface area contributed by atoms with Crippen molar-refractivity contribution in [2.75, 3.05) is 19.6 Å². The predicted octanol–water partition coefficient (Wildman–Crippen LogP) is 1.32. The Balaban J connectivity index is 1.86. The summed E-state index contributed by atoms with van der Waals surface area (Å²) in [5.41, 5.74) is 0. The first-order valence-electron chi connectivity index (χ1n) is 7.69. The third-order valence-corrected chi connectivity index (χ3v) is 6.53. The minimum absolute atomic E-state index is 0.0201. The van der Waals surface area contributed by atoms with Crippen molar-refractivity contribution in [2.45, 2.75) is 56.6 Å². The van der Waals surface area contributed by atoms with Gasteiger partial charge < -0.3 is 0 Å². The second kappa shape index (κ2) is 5.37. The topological polar surface area (TPSA) is 58.4 Å². The van der Waals surface area contributed by atoms with Crippen molar-refractivity contribution in [3.63, 3.8) is 0 Å². The summed E-state index contributed by atoms with van der Waals surface area (Å²) in [6, 6.07) is 0.570. The molecule has 0 bridgehead atoms. The number of hydrogen-bond donors (Lipinski definition) is 0. The number of aromatic nitrogens is 2. The number of sulfonamides is 1. The van der Waals surface area contributed by atoms with Crippen LogP contribution in [0.4, 0.5) is 0 Å². The largest absolute Gasteiger partial charge is 0.297 e. The van der Waals surface area contributed by atoms with Crippen LogP contribution in [0.5, 0.6) is 0 Å². The van der Waals surface area contributed by atoms with Crippen LogP contribution in [-0.4, -0.2) is 59.1 Å². The van der Waals surface area contributed by atoms with Crippen LogP contribution in [0.2, 0.25) is 0 Å². The third kappa shape index (κ3) is 2.62. The summed E-state index contributed by atoms with van der Waals surface area (Å²) in [6.07, 6.45) is 5.40. The van der Waals surface area contributed by atoms with Gasteiger partial charge in [-0.1, -0.05) is 0 Å². The average molecular weight is 312 g/mol. The van der Waals surface area contributed by atoms with Gasteiger partial charge in [0.05, 0.1) is 6.20 Å². The van der Waals surface area contributed by atoms with Gasteiger partial charge in [0.15, 0.2) is 0 Å². The van der Waals surface area contributed by atoms with Crippen LogP contribution in [0.25, 0.3) is 0 Å². The van der Waals surface area contributed by atoms with Crippen LogP contribution in [0.1, 0.15) is 39.7 Å². The van der Waals surface area contributed by atoms with Crippen molar-refractivity contribution in [1.82, 2.24) is 19.0 Å². The molecule has 2 fully saturated rings. The minimum atomic E-state index is -3.44. The molecule has 0 amide bonds. The number of fused-ring (bicyclic) bond motifs is 1. The molecule has 3 rings (SSSR count). The first-order chi connectivity index (χ1) is 9.89. The lowest BCUT2D eigenvalue weighted by Gasteiger charge is -2.41. The standard InChI is InChI=1S/C14H24N4O2S/c1-11(2)17-10-14(7-15-17)21(19,20)18-9-13-5-4-6-16(13)8-12(18)3/h7,10-13H,4-6,8-9H2,1-3H3/t12-,13-/m1/s1. The molecule has 2 saturated heterocycles. The molecule has 0 saturated carbocycles. The summed E-state index contributed by atoms with van der Waals surface area (Å²) in [7, 11) is -3.44. The van der Waals surface area contributed by atoms with Crippen LogP contribution in [0, 0.1) is 0 Å². The summed E-state index contributed by atoms with van der Waals surface area (Å²) < 4.78 is 29.1. The van der Waals surface area contributed by atoms with Gasteiger partial charge in [0.25, 0.3) is 0 Å². The van der Waals surface area contributed by atoms with E-state index in [1.54, 1.807) is 15.2 Å². The number of nitrogens with zero attached hydrogens (tertiary/aromatic N) is 4. The van der Waals surface area contributed by atoms with E-state index in [-0.39, 0.29) is 12.1 Å². The van der Waals surface area contributed by atoms with Crippen LogP contribution in [-0.2, 0) is 10.0 Å². The van der Waals surface area contributed by atoms with Crippen LogP contribution < -0.4 is 0 Å². The van der Waals surface area contributed by atoms with E-state index in [4.69, 9.17) is 0 Å². The summed E-state index contributed by atoms with van der Waals surface area (Å²) in [4.78, 5) is 2.74. The SMILES string of the molecule is CC(C)n1cc(S(=O)(=O)N2C[C@H]3CCCN3C[C@H]2C)cn1. The molecular weight excluding hydrogens is 288 g/mol. The van der Waals surface area contributed by atoms with E-state index in [1.165, 1.54) is 12.6 Å². The Hall–Kier alpha value is -0.920. The maximum atomic E-state index is 12.9. The van der Waals surface area contributed by atoms with Gasteiger partial charge in [-0.15, -0.1) is 0 Å². The van der Waals surface area contributed by atoms with Crippen molar-refractivity contribution in [2.24, 2.45) is 0 Å². The van der Waals surface area contributed by atoms with Gasteiger partial charge in [0.2, 0.25) is 10.0 Å². The molecule has 3 heterocycles. The molecule has 2 aliphatic heterocycles. The van der Waals surface area contributed by atoms with Gasteiger partial charge in [-0.25, -0.2) is 8.42 Å². The van der Waals surface area contributed by atoms with E-state index in [1.807, 2.05) is 20.8 Å². The predicted molar refractivity (Wildman–Crippen MR) is 80.6 cm³/mol. The normalized spacial score (nSPS) is 28.2. The zero-order valence-corrected chi connectivity index (χ0v) is 13.8. The van der Waals surface area contributed by atoms with Crippen LogP contribution >= 0.6 is 0 Å². The summed E-state index contributed by atoms with van der Waals surface area (Å²) in [5, 5.41) is 4.17. The Bertz CT molecular complexity index is 610. The van der Waals surface area contributed by atoms with E-state index in [9.17, 15) is 8.42 Å². The summed E-state index contributed by atoms with van der Waals surface area (Å²) >= 11 is 0. The van der Waals surface area contributed by atoms with Crippen molar-refractivity contribution < 1.29 is 8.42 Å². The Morgan fingerprint density at radius 1 is 1.33 bits per heavy atom. The molecule has 1 aromatic heterocycles. The van der Waals surface area contributed by atoms with Gasteiger partial charge in [-0.3, -0.25) is 9.58 Å². The van der Waals surface area contributed by atoms with Gasteiger partial charge in [0.1, 0.15) is 4.90 Å². The highest BCUT2D eigenvalue weighted by molar-refractivity contribution is 7.89. The first-order valence-corrected chi connectivity index (χ1v) is 9.13. The Morgan fingerprint density at radius 2 is 2.10 bits per heavy atom. The molecule has 21 heavy (non-hydrogen) atoms. The van der Waals surface area contributed by atoms with Crippen molar-refractivity contribution in [3.8, 4) is 0 Å². The summed E-state index contributed by atoms with van der Waals surface area (Å²) in [6.45, 7) is 8.53. The molecule has 1 aromatic rings. The smallest absolute Gasteiger partial charge is 0.246 e. The van der Waals surface area contributed by atoms with E-state index in [2.05, 4.69) is 10.00 Å². The zero-order chi connectivity index (χ0) is 15.2. The quantitative estimate of drug-likeness (QED) is 0.845. The van der Waals surface area contributed by atoms with Crippen molar-refractivity contribution >= 4 is 10.0 Å². The molecule has 2 atom stereocenters. The van der Waals surface area contributed by atoms with E-state index >= 15 is 0 Å². The van der Waals surface area contributed by atoms with Gasteiger partial charge >= 0.3 is 0 Å². The van der Waals surface area contributed by atoms with Crippen molar-refractivity contribution in [1.29, 1.82) is 0 Å². The molecule has 0 spiro atoms. The van der Waals surface area contributed by atoms with Crippen molar-refractivity contribution in [3.05, 3.63) is 12.4 Å². The van der Waals surface area contributed by atoms with Gasteiger partial charge in [0, 0.05) is 37.4 Å². The average Bonchev–Trinajstić information content (AvgIpc) is 3.06. The highest BCUT2D eigenvalue weighted by Crippen LogP contribution is 2.29. The highest BCUT2D eigenvalue weighted by atomic mass is 32.2. The zero-order valence-electron chi connectivity index (χ0n) is 12.9. The fourth-order valence-electron chi connectivity index (χ4n) is 3.37. The lowest BCUT2D eigenvalue weighted by atomic mass is 10.1. The van der Waals surface area contributed by atoms with Gasteiger partial charge in [-0.05, 0) is 40.2 Å². The van der Waals surface area contributed by atoms with Gasteiger partial charge in [-0.2, -0.15) is 9.40 Å². The monoisotopic (exact) mass is 312 g/mol. The molecule has 6 nitrogen and oxygen atoms in total. The molecule has 2 aliphatic rings. The highest BCUT2D eigenvalue weighted by Gasteiger charge is 2.40. The molecule has 0 aliphatic carbocycles. The first kappa shape index (κ1) is 15.0. The Labute approximate surface area is 126 Å². The fourth-order valence-corrected chi connectivity index (χ4v) is 4.97. The number of rotatable bonds is 3. The molecule has 0 unspecified atom stereocenters. The molecule has 0 aromatic carbocycles. The molecular formula is C14H24N4O2S. The second-order valence-electron chi connectivity index (χ2n) is 6.46. The fraction of sp³-hybridized carbons (Fsp3) is 0.786. The molecule has 0 N–H and O–H groups in total. The number of hydrogen-bond acceptors (Lipinski definition) is 4. The van der Waals surface area contributed by atoms with E-state index in [0.29, 0.717) is 17.5 Å². The lowest BCUT2D eigenvalue weighted by molar-refractivity contribution is 0.117. The Kier molecular flexibility index (Phi) is 3.83.